The number of benzene rings is 1. The first-order valence-electron chi connectivity index (χ1n) is 18.6. The number of nitrogens with one attached hydrogen (secondary N) is 1. The molecule has 3 atom stereocenters. The highest BCUT2D eigenvalue weighted by Gasteiger charge is 2.49. The van der Waals surface area contributed by atoms with Gasteiger partial charge in [0.2, 0.25) is 11.8 Å². The van der Waals surface area contributed by atoms with E-state index in [4.69, 9.17) is 18.9 Å². The molecule has 0 unspecified atom stereocenters. The summed E-state index contributed by atoms with van der Waals surface area (Å²) < 4.78 is 49.9. The number of allylic oxidation sites excluding steroid dienone is 1. The van der Waals surface area contributed by atoms with Crippen molar-refractivity contribution >= 4 is 17.8 Å². The standard InChI is InChI=1S/C41H63F2NO8/c1-8-10-12-16-19-26-40(42,43)27-20-17-14-13-15-18-21-34(41(48,28-30-49-6)38(47)52-39(3,4)5)36(45)44-35(37(46)50-7)31-32-22-24-33(25-23-32)51-29-11-9-2/h18,21-25,34-35,48H,8,10,12-17,19-20,26-31H2,1-7H3,(H,44,45)/t34-,35+,41+/m1/s1. The lowest BCUT2D eigenvalue weighted by Gasteiger charge is -2.35. The second kappa shape index (κ2) is 24.7. The van der Waals surface area contributed by atoms with E-state index in [2.05, 4.69) is 24.1 Å². The summed E-state index contributed by atoms with van der Waals surface area (Å²) in [5, 5.41) is 14.6. The quantitative estimate of drug-likeness (QED) is 0.0427. The predicted molar refractivity (Wildman–Crippen MR) is 199 cm³/mol. The van der Waals surface area contributed by atoms with Crippen molar-refractivity contribution in [1.82, 2.24) is 5.32 Å². The van der Waals surface area contributed by atoms with E-state index in [0.29, 0.717) is 49.8 Å². The first kappa shape index (κ1) is 46.5. The molecule has 52 heavy (non-hydrogen) atoms. The maximum absolute atomic E-state index is 14.3. The molecule has 0 aromatic heterocycles. The summed E-state index contributed by atoms with van der Waals surface area (Å²) in [6, 6.07) is 5.80. The minimum Gasteiger partial charge on any atom is -0.481 e. The van der Waals surface area contributed by atoms with E-state index in [9.17, 15) is 28.3 Å². The average Bonchev–Trinajstić information content (AvgIpc) is 3.09. The highest BCUT2D eigenvalue weighted by Crippen LogP contribution is 2.30. The van der Waals surface area contributed by atoms with Gasteiger partial charge in [0.1, 0.15) is 24.0 Å². The lowest BCUT2D eigenvalue weighted by Crippen LogP contribution is -2.56. The number of carbonyl (C=O) groups excluding carboxylic acids is 3. The topological polar surface area (TPSA) is 120 Å². The van der Waals surface area contributed by atoms with Crippen molar-refractivity contribution in [2.24, 2.45) is 5.92 Å². The first-order chi connectivity index (χ1) is 24.6. The van der Waals surface area contributed by atoms with Gasteiger partial charge in [-0.3, -0.25) is 4.79 Å². The molecule has 0 saturated carbocycles. The van der Waals surface area contributed by atoms with Gasteiger partial charge in [-0.25, -0.2) is 18.4 Å². The molecule has 11 heteroatoms. The molecule has 2 N–H and O–H groups in total. The lowest BCUT2D eigenvalue weighted by molar-refractivity contribution is -0.185. The van der Waals surface area contributed by atoms with E-state index in [1.165, 1.54) is 20.3 Å². The number of alkyl halides is 2. The average molecular weight is 736 g/mol. The molecule has 1 rings (SSSR count). The summed E-state index contributed by atoms with van der Waals surface area (Å²) in [6.07, 6.45) is 10.2. The number of carbonyl (C=O) groups is 3. The number of aliphatic hydroxyl groups is 1. The highest BCUT2D eigenvalue weighted by molar-refractivity contribution is 5.93. The third kappa shape index (κ3) is 18.8. The third-order valence-electron chi connectivity index (χ3n) is 8.53. The van der Waals surface area contributed by atoms with Crippen LogP contribution < -0.4 is 10.1 Å². The summed E-state index contributed by atoms with van der Waals surface area (Å²) in [4.78, 5) is 40.4. The van der Waals surface area contributed by atoms with Crippen molar-refractivity contribution in [3.8, 4) is 17.6 Å². The molecule has 0 fully saturated rings. The fraction of sp³-hybridized carbons (Fsp3) is 0.683. The normalized spacial score (nSPS) is 14.1. The third-order valence-corrected chi connectivity index (χ3v) is 8.53. The Morgan fingerprint density at radius 3 is 2.10 bits per heavy atom. The van der Waals surface area contributed by atoms with Crippen LogP contribution in [0.25, 0.3) is 0 Å². The van der Waals surface area contributed by atoms with Gasteiger partial charge in [-0.1, -0.05) is 75.7 Å². The van der Waals surface area contributed by atoms with Gasteiger partial charge in [-0.15, -0.1) is 5.92 Å². The van der Waals surface area contributed by atoms with Gasteiger partial charge in [0.05, 0.1) is 13.0 Å². The highest BCUT2D eigenvalue weighted by atomic mass is 19.3. The summed E-state index contributed by atoms with van der Waals surface area (Å²) in [5.41, 5.74) is -2.61. The summed E-state index contributed by atoms with van der Waals surface area (Å²) in [6.45, 7) is 8.93. The molecule has 0 aliphatic heterocycles. The zero-order valence-electron chi connectivity index (χ0n) is 32.5. The van der Waals surface area contributed by atoms with Crippen LogP contribution in [-0.2, 0) is 35.0 Å². The molecular formula is C41H63F2NO8. The van der Waals surface area contributed by atoms with E-state index >= 15 is 0 Å². The molecule has 1 amide bonds. The number of amides is 1. The van der Waals surface area contributed by atoms with Gasteiger partial charge >= 0.3 is 11.9 Å². The molecule has 0 saturated heterocycles. The number of unbranched alkanes of at least 4 members (excludes halogenated alkanes) is 8. The molecule has 0 heterocycles. The zero-order valence-corrected chi connectivity index (χ0v) is 32.5. The van der Waals surface area contributed by atoms with E-state index in [1.807, 2.05) is 0 Å². The minimum atomic E-state index is -2.65. The monoisotopic (exact) mass is 735 g/mol. The summed E-state index contributed by atoms with van der Waals surface area (Å²) in [5.74, 6) is -0.465. The second-order valence-electron chi connectivity index (χ2n) is 14.2. The second-order valence-corrected chi connectivity index (χ2v) is 14.2. The Hall–Kier alpha value is -3.49. The number of halogens is 2. The molecular weight excluding hydrogens is 672 g/mol. The number of hydrogen-bond donors (Lipinski definition) is 2. The lowest BCUT2D eigenvalue weighted by atomic mass is 9.82. The summed E-state index contributed by atoms with van der Waals surface area (Å²) >= 11 is 0. The smallest absolute Gasteiger partial charge is 0.339 e. The van der Waals surface area contributed by atoms with E-state index in [0.717, 1.165) is 25.7 Å². The van der Waals surface area contributed by atoms with Crippen LogP contribution in [0.3, 0.4) is 0 Å². The zero-order chi connectivity index (χ0) is 39.0. The maximum Gasteiger partial charge on any atom is 0.339 e. The Kier molecular flexibility index (Phi) is 22.1. The van der Waals surface area contributed by atoms with E-state index < -0.39 is 46.9 Å². The van der Waals surface area contributed by atoms with Gasteiger partial charge in [-0.05, 0) is 71.1 Å². The van der Waals surface area contributed by atoms with Crippen LogP contribution in [0.2, 0.25) is 0 Å². The summed E-state index contributed by atoms with van der Waals surface area (Å²) in [7, 11) is 2.61. The Bertz CT molecular complexity index is 1280. The van der Waals surface area contributed by atoms with E-state index in [-0.39, 0.29) is 38.9 Å². The molecule has 9 nitrogen and oxygen atoms in total. The number of esters is 2. The van der Waals surface area contributed by atoms with Crippen molar-refractivity contribution in [3.05, 3.63) is 42.0 Å². The van der Waals surface area contributed by atoms with Gasteiger partial charge in [0.15, 0.2) is 5.60 Å². The molecule has 0 aliphatic rings. The number of ether oxygens (including phenoxy) is 4. The van der Waals surface area contributed by atoms with Crippen LogP contribution >= 0.6 is 0 Å². The van der Waals surface area contributed by atoms with Crippen LogP contribution in [0, 0.1) is 17.8 Å². The van der Waals surface area contributed by atoms with Crippen LogP contribution in [0.1, 0.15) is 124 Å². The van der Waals surface area contributed by atoms with Gasteiger partial charge < -0.3 is 29.4 Å². The molecule has 1 aromatic rings. The Labute approximate surface area is 310 Å². The molecule has 0 aliphatic carbocycles. The minimum absolute atomic E-state index is 0.0601. The number of rotatable bonds is 26. The van der Waals surface area contributed by atoms with Crippen molar-refractivity contribution < 1.29 is 47.2 Å². The molecule has 294 valence electrons. The molecule has 0 spiro atoms. The largest absolute Gasteiger partial charge is 0.481 e. The molecule has 1 aromatic carbocycles. The number of methoxy groups -OCH3 is 2. The Balaban J connectivity index is 3.10. The molecule has 0 radical (unpaired) electrons. The van der Waals surface area contributed by atoms with Gasteiger partial charge in [0.25, 0.3) is 0 Å². The predicted octanol–water partition coefficient (Wildman–Crippen LogP) is 7.91. The van der Waals surface area contributed by atoms with Crippen LogP contribution in [0.4, 0.5) is 8.78 Å². The fourth-order valence-electron chi connectivity index (χ4n) is 5.56. The SMILES string of the molecule is CC#CCOc1ccc(C[C@H](NC(=O)[C@@H](C=CCCCCCCC(F)(F)CCCCCCC)[C@@](O)(CCOC)C(=O)OC(C)(C)C)C(=O)OC)cc1. The fourth-order valence-corrected chi connectivity index (χ4v) is 5.56. The Morgan fingerprint density at radius 2 is 1.54 bits per heavy atom. The Morgan fingerprint density at radius 1 is 0.923 bits per heavy atom. The number of hydrogen-bond acceptors (Lipinski definition) is 8. The maximum atomic E-state index is 14.3. The van der Waals surface area contributed by atoms with Crippen molar-refractivity contribution in [2.45, 2.75) is 148 Å². The molecule has 0 bridgehead atoms. The van der Waals surface area contributed by atoms with Crippen LogP contribution in [0.15, 0.2) is 36.4 Å². The van der Waals surface area contributed by atoms with E-state index in [1.54, 1.807) is 58.0 Å². The van der Waals surface area contributed by atoms with Crippen molar-refractivity contribution in [3.63, 3.8) is 0 Å². The first-order valence-corrected chi connectivity index (χ1v) is 18.6. The van der Waals surface area contributed by atoms with Crippen LogP contribution in [0.5, 0.6) is 5.75 Å². The van der Waals surface area contributed by atoms with Crippen molar-refractivity contribution in [2.75, 3.05) is 27.4 Å². The van der Waals surface area contributed by atoms with Crippen molar-refractivity contribution in [1.29, 1.82) is 0 Å². The van der Waals surface area contributed by atoms with Gasteiger partial charge in [-0.2, -0.15) is 0 Å². The van der Waals surface area contributed by atoms with Gasteiger partial charge in [0, 0.05) is 39.4 Å². The van der Waals surface area contributed by atoms with Crippen LogP contribution in [-0.4, -0.2) is 73.6 Å².